The number of hydrogen-bond acceptors (Lipinski definition) is 4. The summed E-state index contributed by atoms with van der Waals surface area (Å²) in [4.78, 5) is 23.2. The molecular weight excluding hydrogens is 241 g/mol. The molecule has 1 amide bonds. The predicted octanol–water partition coefficient (Wildman–Crippen LogP) is 0.288. The van der Waals surface area contributed by atoms with Crippen molar-refractivity contribution in [1.82, 2.24) is 4.90 Å². The normalized spacial score (nSPS) is 13.1. The van der Waals surface area contributed by atoms with Crippen LogP contribution in [0.4, 0.5) is 13.2 Å². The molecule has 0 fully saturated rings. The number of ether oxygens (including phenoxy) is 1. The minimum Gasteiger partial charge on any atom is -0.464 e. The molecule has 0 saturated carbocycles. The molecule has 0 aliphatic rings. The molecule has 5 nitrogen and oxygen atoms in total. The fourth-order valence-corrected chi connectivity index (χ4v) is 0.975. The maximum atomic E-state index is 11.9. The average molecular weight is 256 g/mol. The zero-order chi connectivity index (χ0) is 13.6. The molecule has 0 aromatic rings. The fourth-order valence-electron chi connectivity index (χ4n) is 0.975. The molecule has 8 heteroatoms. The molecule has 0 radical (unpaired) electrons. The number of halogens is 3. The van der Waals surface area contributed by atoms with Gasteiger partial charge in [-0.3, -0.25) is 4.79 Å². The number of carbonyl (C=O) groups excluding carboxylic acids is 2. The first kappa shape index (κ1) is 15.7. The van der Waals surface area contributed by atoms with Gasteiger partial charge in [0.2, 0.25) is 0 Å². The highest BCUT2D eigenvalue weighted by Gasteiger charge is 2.31. The molecule has 0 rings (SSSR count). The van der Waals surface area contributed by atoms with Crippen LogP contribution in [0.15, 0.2) is 0 Å². The second-order valence-electron chi connectivity index (χ2n) is 3.35. The Hall–Kier alpha value is -1.31. The van der Waals surface area contributed by atoms with Crippen molar-refractivity contribution < 1.29 is 27.5 Å². The molecule has 100 valence electrons. The smallest absolute Gasteiger partial charge is 0.390 e. The topological polar surface area (TPSA) is 72.6 Å². The molecule has 1 atom stereocenters. The summed E-state index contributed by atoms with van der Waals surface area (Å²) < 4.78 is 40.2. The van der Waals surface area contributed by atoms with Gasteiger partial charge < -0.3 is 15.4 Å². The van der Waals surface area contributed by atoms with E-state index in [9.17, 15) is 22.8 Å². The summed E-state index contributed by atoms with van der Waals surface area (Å²) in [5, 5.41) is 0. The Kier molecular flexibility index (Phi) is 5.94. The Morgan fingerprint density at radius 2 is 1.94 bits per heavy atom. The highest BCUT2D eigenvalue weighted by Crippen LogP contribution is 2.19. The Labute approximate surface area is 96.7 Å². The molecule has 2 N–H and O–H groups in total. The first-order valence-corrected chi connectivity index (χ1v) is 4.93. The predicted molar refractivity (Wildman–Crippen MR) is 52.9 cm³/mol. The summed E-state index contributed by atoms with van der Waals surface area (Å²) >= 11 is 0. The molecule has 17 heavy (non-hydrogen) atoms. The van der Waals surface area contributed by atoms with E-state index < -0.39 is 37.1 Å². The van der Waals surface area contributed by atoms with Gasteiger partial charge in [-0.15, -0.1) is 0 Å². The van der Waals surface area contributed by atoms with Crippen molar-refractivity contribution in [2.45, 2.75) is 25.6 Å². The zero-order valence-corrected chi connectivity index (χ0v) is 9.58. The first-order valence-electron chi connectivity index (χ1n) is 4.93. The minimum atomic E-state index is -4.36. The van der Waals surface area contributed by atoms with E-state index in [4.69, 9.17) is 5.73 Å². The van der Waals surface area contributed by atoms with Crippen LogP contribution in [-0.4, -0.2) is 49.2 Å². The SMILES string of the molecule is CCOC(=O)C(N)C(=O)N(C)CCC(F)(F)F. The van der Waals surface area contributed by atoms with Crippen LogP contribution in [0.5, 0.6) is 0 Å². The summed E-state index contributed by atoms with van der Waals surface area (Å²) in [6.45, 7) is 1.03. The Morgan fingerprint density at radius 1 is 1.41 bits per heavy atom. The number of esters is 1. The lowest BCUT2D eigenvalue weighted by molar-refractivity contribution is -0.152. The van der Waals surface area contributed by atoms with Gasteiger partial charge in [0.15, 0.2) is 6.04 Å². The van der Waals surface area contributed by atoms with E-state index in [1.807, 2.05) is 0 Å². The maximum Gasteiger partial charge on any atom is 0.390 e. The van der Waals surface area contributed by atoms with Crippen molar-refractivity contribution in [1.29, 1.82) is 0 Å². The molecule has 0 saturated heterocycles. The van der Waals surface area contributed by atoms with Crippen molar-refractivity contribution in [3.63, 3.8) is 0 Å². The Balaban J connectivity index is 4.25. The third-order valence-electron chi connectivity index (χ3n) is 1.91. The molecule has 0 bridgehead atoms. The third-order valence-corrected chi connectivity index (χ3v) is 1.91. The van der Waals surface area contributed by atoms with Gasteiger partial charge in [-0.05, 0) is 6.92 Å². The van der Waals surface area contributed by atoms with E-state index in [0.29, 0.717) is 0 Å². The lowest BCUT2D eigenvalue weighted by atomic mass is 10.2. The number of hydrogen-bond donors (Lipinski definition) is 1. The maximum absolute atomic E-state index is 11.9. The summed E-state index contributed by atoms with van der Waals surface area (Å²) in [5.74, 6) is -1.84. The van der Waals surface area contributed by atoms with E-state index in [0.717, 1.165) is 11.9 Å². The fraction of sp³-hybridized carbons (Fsp3) is 0.778. The quantitative estimate of drug-likeness (QED) is 0.566. The minimum absolute atomic E-state index is 0.0477. The van der Waals surface area contributed by atoms with Gasteiger partial charge in [0.1, 0.15) is 0 Å². The number of likely N-dealkylation sites (N-methyl/N-ethyl adjacent to an activating group) is 1. The van der Waals surface area contributed by atoms with Crippen LogP contribution in [0.25, 0.3) is 0 Å². The van der Waals surface area contributed by atoms with Crippen molar-refractivity contribution in [2.24, 2.45) is 5.73 Å². The highest BCUT2D eigenvalue weighted by molar-refractivity contribution is 6.01. The van der Waals surface area contributed by atoms with E-state index in [1.165, 1.54) is 6.92 Å². The highest BCUT2D eigenvalue weighted by atomic mass is 19.4. The average Bonchev–Trinajstić information content (AvgIpc) is 2.23. The molecule has 0 aromatic carbocycles. The number of nitrogens with zero attached hydrogens (tertiary/aromatic N) is 1. The number of alkyl halides is 3. The van der Waals surface area contributed by atoms with Crippen molar-refractivity contribution >= 4 is 11.9 Å². The summed E-state index contributed by atoms with van der Waals surface area (Å²) in [6, 6.07) is -1.58. The van der Waals surface area contributed by atoms with Gasteiger partial charge in [0.05, 0.1) is 13.0 Å². The molecule has 0 aliphatic carbocycles. The number of carbonyl (C=O) groups is 2. The van der Waals surface area contributed by atoms with Crippen LogP contribution in [0.3, 0.4) is 0 Å². The van der Waals surface area contributed by atoms with Gasteiger partial charge in [0.25, 0.3) is 5.91 Å². The Morgan fingerprint density at radius 3 is 2.35 bits per heavy atom. The molecule has 0 spiro atoms. The van der Waals surface area contributed by atoms with E-state index in [2.05, 4.69) is 4.74 Å². The lowest BCUT2D eigenvalue weighted by Crippen LogP contribution is -2.48. The monoisotopic (exact) mass is 256 g/mol. The van der Waals surface area contributed by atoms with Crippen molar-refractivity contribution in [2.75, 3.05) is 20.2 Å². The van der Waals surface area contributed by atoms with E-state index in [-0.39, 0.29) is 6.61 Å². The number of amides is 1. The van der Waals surface area contributed by atoms with Crippen LogP contribution in [0.2, 0.25) is 0 Å². The first-order chi connectivity index (χ1) is 7.69. The summed E-state index contributed by atoms with van der Waals surface area (Å²) in [6.07, 6.45) is -5.51. The van der Waals surface area contributed by atoms with Crippen molar-refractivity contribution in [3.05, 3.63) is 0 Å². The molecule has 0 aromatic heterocycles. The van der Waals surface area contributed by atoms with Gasteiger partial charge in [-0.1, -0.05) is 0 Å². The molecule has 0 aliphatic heterocycles. The van der Waals surface area contributed by atoms with Crippen LogP contribution in [0.1, 0.15) is 13.3 Å². The molecule has 0 heterocycles. The van der Waals surface area contributed by atoms with Crippen molar-refractivity contribution in [3.8, 4) is 0 Å². The Bertz CT molecular complexity index is 281. The number of rotatable bonds is 5. The van der Waals surface area contributed by atoms with Gasteiger partial charge in [-0.25, -0.2) is 4.79 Å². The number of nitrogens with two attached hydrogens (primary N) is 1. The van der Waals surface area contributed by atoms with Gasteiger partial charge in [-0.2, -0.15) is 13.2 Å². The van der Waals surface area contributed by atoms with Crippen LogP contribution >= 0.6 is 0 Å². The summed E-state index contributed by atoms with van der Waals surface area (Å²) in [5.41, 5.74) is 5.24. The van der Waals surface area contributed by atoms with Crippen LogP contribution in [-0.2, 0) is 14.3 Å². The molecular formula is C9H15F3N2O3. The van der Waals surface area contributed by atoms with Gasteiger partial charge in [0, 0.05) is 13.6 Å². The second kappa shape index (κ2) is 6.43. The zero-order valence-electron chi connectivity index (χ0n) is 9.58. The standard InChI is InChI=1S/C9H15F3N2O3/c1-3-17-8(16)6(13)7(15)14(2)5-4-9(10,11)12/h6H,3-5,13H2,1-2H3. The van der Waals surface area contributed by atoms with Crippen LogP contribution in [0, 0.1) is 0 Å². The van der Waals surface area contributed by atoms with Gasteiger partial charge >= 0.3 is 12.1 Å². The van der Waals surface area contributed by atoms with Crippen LogP contribution < -0.4 is 5.73 Å². The lowest BCUT2D eigenvalue weighted by Gasteiger charge is -2.20. The molecule has 1 unspecified atom stereocenters. The van der Waals surface area contributed by atoms with E-state index in [1.54, 1.807) is 0 Å². The third kappa shape index (κ3) is 6.10. The van der Waals surface area contributed by atoms with E-state index >= 15 is 0 Å². The summed E-state index contributed by atoms with van der Waals surface area (Å²) in [7, 11) is 1.15. The second-order valence-corrected chi connectivity index (χ2v) is 3.35. The largest absolute Gasteiger partial charge is 0.464 e.